The molecule has 4 rings (SSSR count). The summed E-state index contributed by atoms with van der Waals surface area (Å²) in [6, 6.07) is 7.89. The Morgan fingerprint density at radius 2 is 1.73 bits per heavy atom. The number of benzene rings is 1. The van der Waals surface area contributed by atoms with Crippen LogP contribution in [0.1, 0.15) is 33.8 Å². The Bertz CT molecular complexity index is 1520. The van der Waals surface area contributed by atoms with Gasteiger partial charge < -0.3 is 35.5 Å². The SMILES string of the molecule is [B]C([B])([B])NC(=O)c1nnc(NC(=O)C2CC2)cc1Nc1cccc(-c2cc(C(=O)NC(COC)COC)n(C)n2)c1OC. The molecule has 1 aliphatic carbocycles. The highest BCUT2D eigenvalue weighted by Gasteiger charge is 2.30. The highest BCUT2D eigenvalue weighted by molar-refractivity contribution is 6.60. The number of ether oxygens (including phenoxy) is 3. The summed E-state index contributed by atoms with van der Waals surface area (Å²) in [6.07, 6.45) is 1.58. The maximum absolute atomic E-state index is 13.1. The first-order chi connectivity index (χ1) is 20.9. The summed E-state index contributed by atoms with van der Waals surface area (Å²) >= 11 is 0. The van der Waals surface area contributed by atoms with E-state index in [1.807, 2.05) is 0 Å². The van der Waals surface area contributed by atoms with Gasteiger partial charge in [0.05, 0.1) is 67.0 Å². The molecule has 2 aromatic heterocycles. The summed E-state index contributed by atoms with van der Waals surface area (Å²) in [5.41, 5.74) is 1.62. The van der Waals surface area contributed by atoms with Crippen molar-refractivity contribution in [2.24, 2.45) is 13.0 Å². The molecule has 0 atom stereocenters. The van der Waals surface area contributed by atoms with Gasteiger partial charge in [-0.25, -0.2) is 0 Å². The lowest BCUT2D eigenvalue weighted by Gasteiger charge is -2.23. The fourth-order valence-corrected chi connectivity index (χ4v) is 4.35. The standard InChI is InChI=1S/C27H31B3N8O6/c1-38-20(25(40)31-15(12-42-2)13-43-3)10-18(37-38)16-6-5-7-17(23(16)44-4)32-19-11-21(33-24(39)14-8-9-14)35-36-22(19)26(41)34-27(28,29)30/h5-7,10-11,14-15H,8-9,12-13H2,1-4H3,(H,31,40)(H,34,41)(H2,32,33,35,39). The highest BCUT2D eigenvalue weighted by atomic mass is 16.5. The van der Waals surface area contributed by atoms with Crippen molar-refractivity contribution in [3.8, 4) is 17.0 Å². The topological polar surface area (TPSA) is 171 Å². The summed E-state index contributed by atoms with van der Waals surface area (Å²) in [5.74, 6) is -1.01. The number of amides is 3. The van der Waals surface area contributed by atoms with Gasteiger partial charge in [-0.2, -0.15) is 5.10 Å². The Morgan fingerprint density at radius 1 is 1.02 bits per heavy atom. The van der Waals surface area contributed by atoms with Crippen LogP contribution in [0.25, 0.3) is 11.3 Å². The van der Waals surface area contributed by atoms with Gasteiger partial charge in [0.15, 0.2) is 17.3 Å². The van der Waals surface area contributed by atoms with Crippen molar-refractivity contribution >= 4 is 58.5 Å². The summed E-state index contributed by atoms with van der Waals surface area (Å²) in [4.78, 5) is 38.4. The van der Waals surface area contributed by atoms with Crippen molar-refractivity contribution < 1.29 is 28.6 Å². The molecule has 1 aromatic carbocycles. The van der Waals surface area contributed by atoms with Crippen molar-refractivity contribution in [3.63, 3.8) is 0 Å². The van der Waals surface area contributed by atoms with Crippen molar-refractivity contribution in [1.82, 2.24) is 30.6 Å². The predicted molar refractivity (Wildman–Crippen MR) is 164 cm³/mol. The molecule has 2 heterocycles. The Labute approximate surface area is 258 Å². The van der Waals surface area contributed by atoms with Gasteiger partial charge in [-0.05, 0) is 31.0 Å². The number of carbonyl (C=O) groups excluding carboxylic acids is 3. The van der Waals surface area contributed by atoms with Crippen LogP contribution in [0.4, 0.5) is 17.2 Å². The number of aryl methyl sites for hydroxylation is 1. The molecule has 3 aromatic rings. The quantitative estimate of drug-likeness (QED) is 0.189. The van der Waals surface area contributed by atoms with Gasteiger partial charge in [0.25, 0.3) is 11.8 Å². The monoisotopic (exact) mass is 596 g/mol. The smallest absolute Gasteiger partial charge is 0.272 e. The molecule has 44 heavy (non-hydrogen) atoms. The van der Waals surface area contributed by atoms with Crippen molar-refractivity contribution in [2.45, 2.75) is 24.1 Å². The van der Waals surface area contributed by atoms with Gasteiger partial charge in [-0.3, -0.25) is 19.1 Å². The minimum atomic E-state index is -2.03. The maximum Gasteiger partial charge on any atom is 0.272 e. The Kier molecular flexibility index (Phi) is 10.3. The van der Waals surface area contributed by atoms with Crippen LogP contribution in [0.2, 0.25) is 0 Å². The number of para-hydroxylation sites is 1. The third kappa shape index (κ3) is 8.17. The third-order valence-corrected chi connectivity index (χ3v) is 6.49. The van der Waals surface area contributed by atoms with E-state index in [0.717, 1.165) is 12.8 Å². The molecule has 224 valence electrons. The number of hydrogen-bond donors (Lipinski definition) is 4. The van der Waals surface area contributed by atoms with Crippen LogP contribution in [-0.4, -0.2) is 107 Å². The molecule has 0 saturated heterocycles. The van der Waals surface area contributed by atoms with Gasteiger partial charge in [0.2, 0.25) is 5.91 Å². The number of carbonyl (C=O) groups is 3. The highest BCUT2D eigenvalue weighted by Crippen LogP contribution is 2.38. The third-order valence-electron chi connectivity index (χ3n) is 6.49. The predicted octanol–water partition coefficient (Wildman–Crippen LogP) is 0.216. The molecule has 3 amide bonds. The normalized spacial score (nSPS) is 12.9. The Balaban J connectivity index is 1.67. The second-order valence-corrected chi connectivity index (χ2v) is 10.3. The van der Waals surface area contributed by atoms with Gasteiger partial charge in [-0.15, -0.1) is 10.2 Å². The van der Waals surface area contributed by atoms with Crippen LogP contribution in [0, 0.1) is 5.92 Å². The number of rotatable bonds is 14. The lowest BCUT2D eigenvalue weighted by atomic mass is 9.49. The summed E-state index contributed by atoms with van der Waals surface area (Å²) in [7, 11) is 22.9. The van der Waals surface area contributed by atoms with E-state index in [1.165, 1.54) is 32.1 Å². The van der Waals surface area contributed by atoms with E-state index < -0.39 is 11.1 Å². The average Bonchev–Trinajstić information content (AvgIpc) is 3.74. The first kappa shape index (κ1) is 32.5. The fourth-order valence-electron chi connectivity index (χ4n) is 4.35. The number of aromatic nitrogens is 4. The summed E-state index contributed by atoms with van der Waals surface area (Å²) in [5, 5.41) is 21.4. The molecule has 0 spiro atoms. The number of hydrogen-bond acceptors (Lipinski definition) is 10. The molecule has 17 heteroatoms. The fraction of sp³-hybridized carbons (Fsp3) is 0.407. The molecule has 1 aliphatic rings. The maximum atomic E-state index is 13.1. The van der Waals surface area contributed by atoms with Crippen LogP contribution < -0.4 is 26.0 Å². The molecule has 1 fully saturated rings. The minimum Gasteiger partial charge on any atom is -0.494 e. The molecule has 1 saturated carbocycles. The summed E-state index contributed by atoms with van der Waals surface area (Å²) < 4.78 is 17.5. The molecular weight excluding hydrogens is 565 g/mol. The van der Waals surface area contributed by atoms with Crippen LogP contribution in [0.5, 0.6) is 5.75 Å². The zero-order valence-corrected chi connectivity index (χ0v) is 24.8. The lowest BCUT2D eigenvalue weighted by Crippen LogP contribution is -2.50. The largest absolute Gasteiger partial charge is 0.494 e. The van der Waals surface area contributed by atoms with Gasteiger partial charge in [-0.1, -0.05) is 11.3 Å². The van der Waals surface area contributed by atoms with Gasteiger partial charge >= 0.3 is 0 Å². The zero-order chi connectivity index (χ0) is 32.0. The second-order valence-electron chi connectivity index (χ2n) is 10.3. The number of methoxy groups -OCH3 is 3. The van der Waals surface area contributed by atoms with E-state index >= 15 is 0 Å². The lowest BCUT2D eigenvalue weighted by molar-refractivity contribution is -0.117. The van der Waals surface area contributed by atoms with E-state index in [2.05, 4.69) is 36.6 Å². The van der Waals surface area contributed by atoms with E-state index in [1.54, 1.807) is 31.3 Å². The van der Waals surface area contributed by atoms with Crippen LogP contribution in [-0.2, 0) is 21.3 Å². The number of nitrogens with zero attached hydrogens (tertiary/aromatic N) is 4. The van der Waals surface area contributed by atoms with E-state index in [0.29, 0.717) is 28.4 Å². The van der Waals surface area contributed by atoms with Crippen molar-refractivity contribution in [2.75, 3.05) is 45.2 Å². The number of nitrogens with one attached hydrogen (secondary N) is 4. The zero-order valence-electron chi connectivity index (χ0n) is 24.8. The Morgan fingerprint density at radius 3 is 2.34 bits per heavy atom. The molecule has 14 nitrogen and oxygen atoms in total. The molecule has 0 bridgehead atoms. The van der Waals surface area contributed by atoms with Crippen LogP contribution in [0.15, 0.2) is 30.3 Å². The summed E-state index contributed by atoms with van der Waals surface area (Å²) in [6.45, 7) is 0.537. The van der Waals surface area contributed by atoms with E-state index in [-0.39, 0.29) is 54.2 Å². The molecular formula is C27H31B3N8O6. The minimum absolute atomic E-state index is 0.0866. The first-order valence-corrected chi connectivity index (χ1v) is 13.6. The Hall–Kier alpha value is -4.37. The second kappa shape index (κ2) is 13.9. The first-order valence-electron chi connectivity index (χ1n) is 13.6. The van der Waals surface area contributed by atoms with Crippen LogP contribution >= 0.6 is 0 Å². The van der Waals surface area contributed by atoms with Crippen molar-refractivity contribution in [1.29, 1.82) is 0 Å². The van der Waals surface area contributed by atoms with Crippen LogP contribution in [0.3, 0.4) is 0 Å². The van der Waals surface area contributed by atoms with Gasteiger partial charge in [0.1, 0.15) is 5.69 Å². The van der Waals surface area contributed by atoms with E-state index in [4.69, 9.17) is 37.7 Å². The number of anilines is 3. The molecule has 4 N–H and O–H groups in total. The average molecular weight is 596 g/mol. The molecule has 6 radical (unpaired) electrons. The van der Waals surface area contributed by atoms with E-state index in [9.17, 15) is 14.4 Å². The molecule has 0 unspecified atom stereocenters. The van der Waals surface area contributed by atoms with Crippen molar-refractivity contribution in [3.05, 3.63) is 41.7 Å². The van der Waals surface area contributed by atoms with Gasteiger partial charge in [0, 0.05) is 38.8 Å². The molecule has 0 aliphatic heterocycles.